The number of anilines is 1. The monoisotopic (exact) mass is 470 g/mol. The molecule has 0 unspecified atom stereocenters. The van der Waals surface area contributed by atoms with Crippen LogP contribution in [0.3, 0.4) is 0 Å². The molecule has 0 bridgehead atoms. The van der Waals surface area contributed by atoms with Gasteiger partial charge in [-0.15, -0.1) is 0 Å². The number of para-hydroxylation sites is 1. The van der Waals surface area contributed by atoms with Crippen LogP contribution in [-0.2, 0) is 14.8 Å². The SMILES string of the molecule is O=C(Nc1cc(Cl)ccc1Oc1ccccc1)C1CCN(S(=O)(=O)c2ccccc2)CC1. The number of sulfonamides is 1. The molecule has 0 spiro atoms. The number of nitrogens with one attached hydrogen (secondary N) is 1. The van der Waals surface area contributed by atoms with E-state index in [9.17, 15) is 13.2 Å². The van der Waals surface area contributed by atoms with Gasteiger partial charge in [-0.3, -0.25) is 4.79 Å². The Morgan fingerprint density at radius 3 is 2.22 bits per heavy atom. The van der Waals surface area contributed by atoms with Gasteiger partial charge >= 0.3 is 0 Å². The normalized spacial score (nSPS) is 15.3. The summed E-state index contributed by atoms with van der Waals surface area (Å²) in [5.41, 5.74) is 0.477. The van der Waals surface area contributed by atoms with Crippen molar-refractivity contribution >= 4 is 33.2 Å². The number of piperidine rings is 1. The molecule has 0 saturated carbocycles. The van der Waals surface area contributed by atoms with Crippen LogP contribution < -0.4 is 10.1 Å². The summed E-state index contributed by atoms with van der Waals surface area (Å²) < 4.78 is 33.0. The molecule has 3 aromatic rings. The van der Waals surface area contributed by atoms with Crippen molar-refractivity contribution < 1.29 is 17.9 Å². The van der Waals surface area contributed by atoms with E-state index in [1.54, 1.807) is 48.5 Å². The van der Waals surface area contributed by atoms with Gasteiger partial charge in [-0.2, -0.15) is 4.31 Å². The van der Waals surface area contributed by atoms with Crippen LogP contribution in [0.1, 0.15) is 12.8 Å². The van der Waals surface area contributed by atoms with Crippen LogP contribution >= 0.6 is 11.6 Å². The van der Waals surface area contributed by atoms with Crippen LogP contribution in [0, 0.1) is 5.92 Å². The highest BCUT2D eigenvalue weighted by Crippen LogP contribution is 2.33. The fourth-order valence-corrected chi connectivity index (χ4v) is 5.30. The van der Waals surface area contributed by atoms with Gasteiger partial charge in [-0.1, -0.05) is 48.0 Å². The maximum absolute atomic E-state index is 12.9. The van der Waals surface area contributed by atoms with Gasteiger partial charge in [0.25, 0.3) is 0 Å². The number of rotatable bonds is 6. The van der Waals surface area contributed by atoms with E-state index < -0.39 is 10.0 Å². The average molecular weight is 471 g/mol. The fraction of sp³-hybridized carbons (Fsp3) is 0.208. The van der Waals surface area contributed by atoms with Gasteiger partial charge < -0.3 is 10.1 Å². The topological polar surface area (TPSA) is 75.7 Å². The molecule has 0 atom stereocenters. The van der Waals surface area contributed by atoms with E-state index in [1.165, 1.54) is 4.31 Å². The predicted molar refractivity (Wildman–Crippen MR) is 125 cm³/mol. The van der Waals surface area contributed by atoms with E-state index in [2.05, 4.69) is 5.32 Å². The van der Waals surface area contributed by atoms with Crippen molar-refractivity contribution in [3.63, 3.8) is 0 Å². The number of benzene rings is 3. The number of halogens is 1. The van der Waals surface area contributed by atoms with Gasteiger partial charge in [0.1, 0.15) is 5.75 Å². The molecule has 1 aliphatic rings. The van der Waals surface area contributed by atoms with Crippen LogP contribution in [0.2, 0.25) is 5.02 Å². The third kappa shape index (κ3) is 5.12. The second-order valence-electron chi connectivity index (χ2n) is 7.54. The molecule has 8 heteroatoms. The molecule has 32 heavy (non-hydrogen) atoms. The molecule has 1 aliphatic heterocycles. The fourth-order valence-electron chi connectivity index (χ4n) is 3.64. The van der Waals surface area contributed by atoms with Crippen molar-refractivity contribution in [2.45, 2.75) is 17.7 Å². The van der Waals surface area contributed by atoms with Crippen LogP contribution in [0.5, 0.6) is 11.5 Å². The standard InChI is InChI=1S/C24H23ClN2O4S/c25-19-11-12-23(31-20-7-3-1-4-8-20)22(17-19)26-24(28)18-13-15-27(16-14-18)32(29,30)21-9-5-2-6-10-21/h1-12,17-18H,13-16H2,(H,26,28). The molecule has 0 radical (unpaired) electrons. The second kappa shape index (κ2) is 9.73. The van der Waals surface area contributed by atoms with Crippen LogP contribution in [-0.4, -0.2) is 31.7 Å². The lowest BCUT2D eigenvalue weighted by molar-refractivity contribution is -0.120. The van der Waals surface area contributed by atoms with E-state index in [1.807, 2.05) is 30.3 Å². The van der Waals surface area contributed by atoms with Crippen LogP contribution in [0.25, 0.3) is 0 Å². The minimum Gasteiger partial charge on any atom is -0.455 e. The number of hydrogen-bond donors (Lipinski definition) is 1. The van der Waals surface area contributed by atoms with Crippen molar-refractivity contribution in [3.05, 3.63) is 83.9 Å². The summed E-state index contributed by atoms with van der Waals surface area (Å²) >= 11 is 6.14. The summed E-state index contributed by atoms with van der Waals surface area (Å²) in [5.74, 6) is 0.644. The Hall–Kier alpha value is -2.87. The Morgan fingerprint density at radius 2 is 1.56 bits per heavy atom. The number of carbonyl (C=O) groups excluding carboxylic acids is 1. The van der Waals surface area contributed by atoms with Gasteiger partial charge in [-0.05, 0) is 55.3 Å². The largest absolute Gasteiger partial charge is 0.455 e. The first kappa shape index (κ1) is 22.3. The molecule has 6 nitrogen and oxygen atoms in total. The van der Waals surface area contributed by atoms with Crippen LogP contribution in [0.15, 0.2) is 83.8 Å². The van der Waals surface area contributed by atoms with E-state index in [-0.39, 0.29) is 29.8 Å². The zero-order valence-corrected chi connectivity index (χ0v) is 18.9. The lowest BCUT2D eigenvalue weighted by Crippen LogP contribution is -2.41. The lowest BCUT2D eigenvalue weighted by atomic mass is 9.97. The summed E-state index contributed by atoms with van der Waals surface area (Å²) in [4.78, 5) is 13.2. The molecule has 4 rings (SSSR count). The van der Waals surface area contributed by atoms with Crippen molar-refractivity contribution in [2.24, 2.45) is 5.92 Å². The maximum atomic E-state index is 12.9. The number of ether oxygens (including phenoxy) is 1. The first-order valence-corrected chi connectivity index (χ1v) is 12.1. The molecular formula is C24H23ClN2O4S. The summed E-state index contributed by atoms with van der Waals surface area (Å²) in [5, 5.41) is 3.39. The molecule has 1 heterocycles. The maximum Gasteiger partial charge on any atom is 0.243 e. The summed E-state index contributed by atoms with van der Waals surface area (Å²) in [6.07, 6.45) is 0.876. The second-order valence-corrected chi connectivity index (χ2v) is 9.91. The van der Waals surface area contributed by atoms with Crippen molar-refractivity contribution in [2.75, 3.05) is 18.4 Å². The van der Waals surface area contributed by atoms with Gasteiger partial charge in [0.05, 0.1) is 10.6 Å². The van der Waals surface area contributed by atoms with Gasteiger partial charge in [0.15, 0.2) is 5.75 Å². The Kier molecular flexibility index (Phi) is 6.79. The number of nitrogens with zero attached hydrogens (tertiary/aromatic N) is 1. The number of carbonyl (C=O) groups is 1. The van der Waals surface area contributed by atoms with E-state index in [4.69, 9.17) is 16.3 Å². The molecule has 3 aromatic carbocycles. The molecule has 1 saturated heterocycles. The number of amides is 1. The summed E-state index contributed by atoms with van der Waals surface area (Å²) in [6, 6.07) is 22.7. The zero-order valence-electron chi connectivity index (χ0n) is 17.3. The third-order valence-electron chi connectivity index (χ3n) is 5.38. The van der Waals surface area contributed by atoms with Gasteiger partial charge in [-0.25, -0.2) is 8.42 Å². The van der Waals surface area contributed by atoms with Crippen molar-refractivity contribution in [1.82, 2.24) is 4.31 Å². The van der Waals surface area contributed by atoms with E-state index >= 15 is 0 Å². The highest BCUT2D eigenvalue weighted by atomic mass is 35.5. The predicted octanol–water partition coefficient (Wildman–Crippen LogP) is 5.17. The molecule has 0 aromatic heterocycles. The van der Waals surface area contributed by atoms with Gasteiger partial charge in [0, 0.05) is 24.0 Å². The highest BCUT2D eigenvalue weighted by Gasteiger charge is 2.32. The van der Waals surface area contributed by atoms with Gasteiger partial charge in [0.2, 0.25) is 15.9 Å². The summed E-state index contributed by atoms with van der Waals surface area (Å²) in [6.45, 7) is 0.580. The minimum atomic E-state index is -3.55. The molecule has 1 fully saturated rings. The third-order valence-corrected chi connectivity index (χ3v) is 7.52. The smallest absolute Gasteiger partial charge is 0.243 e. The van der Waals surface area contributed by atoms with E-state index in [0.717, 1.165) is 0 Å². The molecule has 166 valence electrons. The summed E-state index contributed by atoms with van der Waals surface area (Å²) in [7, 11) is -3.55. The molecular weight excluding hydrogens is 448 g/mol. The first-order chi connectivity index (χ1) is 15.4. The Balaban J connectivity index is 1.42. The first-order valence-electron chi connectivity index (χ1n) is 10.3. The average Bonchev–Trinajstić information content (AvgIpc) is 2.82. The van der Waals surface area contributed by atoms with Crippen molar-refractivity contribution in [1.29, 1.82) is 0 Å². The van der Waals surface area contributed by atoms with Crippen LogP contribution in [0.4, 0.5) is 5.69 Å². The number of hydrogen-bond acceptors (Lipinski definition) is 4. The quantitative estimate of drug-likeness (QED) is 0.539. The Bertz CT molecular complexity index is 1180. The van der Waals surface area contributed by atoms with Crippen molar-refractivity contribution in [3.8, 4) is 11.5 Å². The molecule has 1 amide bonds. The zero-order chi connectivity index (χ0) is 22.6. The molecule has 0 aliphatic carbocycles. The lowest BCUT2D eigenvalue weighted by Gasteiger charge is -2.30. The van der Waals surface area contributed by atoms with E-state index in [0.29, 0.717) is 35.1 Å². The highest BCUT2D eigenvalue weighted by molar-refractivity contribution is 7.89. The Morgan fingerprint density at radius 1 is 0.938 bits per heavy atom. The Labute approximate surface area is 192 Å². The molecule has 1 N–H and O–H groups in total. The minimum absolute atomic E-state index is 0.179.